The van der Waals surface area contributed by atoms with Crippen molar-refractivity contribution in [2.24, 2.45) is 0 Å². The molecule has 0 saturated carbocycles. The number of carbonyl (C=O) groups excluding carboxylic acids is 2. The quantitative estimate of drug-likeness (QED) is 0.907. The minimum absolute atomic E-state index is 0.149. The van der Waals surface area contributed by atoms with E-state index in [1.807, 2.05) is 13.0 Å². The van der Waals surface area contributed by atoms with Gasteiger partial charge in [0.05, 0.1) is 6.54 Å². The molecule has 5 heteroatoms. The summed E-state index contributed by atoms with van der Waals surface area (Å²) in [5, 5.41) is 5.10. The predicted molar refractivity (Wildman–Crippen MR) is 78.5 cm³/mol. The number of halogens is 1. The third-order valence-corrected chi connectivity index (χ3v) is 2.82. The molecule has 2 aromatic rings. The molecule has 2 amide bonds. The normalized spacial score (nSPS) is 10.0. The Hall–Kier alpha value is -2.69. The molecule has 0 unspecified atom stereocenters. The Bertz CT molecular complexity index is 654. The van der Waals surface area contributed by atoms with Gasteiger partial charge in [-0.05, 0) is 43.3 Å². The molecule has 2 N–H and O–H groups in total. The summed E-state index contributed by atoms with van der Waals surface area (Å²) < 4.78 is 12.7. The van der Waals surface area contributed by atoms with Crippen LogP contribution in [0.1, 0.15) is 15.9 Å². The van der Waals surface area contributed by atoms with E-state index in [0.29, 0.717) is 11.3 Å². The third kappa shape index (κ3) is 4.42. The Kier molecular flexibility index (Phi) is 4.66. The van der Waals surface area contributed by atoms with Crippen molar-refractivity contribution < 1.29 is 14.0 Å². The van der Waals surface area contributed by atoms with Gasteiger partial charge in [0.1, 0.15) is 5.82 Å². The van der Waals surface area contributed by atoms with E-state index in [9.17, 15) is 14.0 Å². The first kappa shape index (κ1) is 14.7. The highest BCUT2D eigenvalue weighted by atomic mass is 19.1. The summed E-state index contributed by atoms with van der Waals surface area (Å²) in [5.41, 5.74) is 1.95. The molecule has 0 radical (unpaired) electrons. The standard InChI is InChI=1S/C16H15FN2O2/c1-11-3-2-4-12(9-11)16(21)18-10-15(20)19-14-7-5-13(17)6-8-14/h2-9H,10H2,1H3,(H,18,21)(H,19,20). The van der Waals surface area contributed by atoms with E-state index >= 15 is 0 Å². The van der Waals surface area contributed by atoms with Gasteiger partial charge in [0.25, 0.3) is 5.91 Å². The Balaban J connectivity index is 1.86. The van der Waals surface area contributed by atoms with Gasteiger partial charge in [0.15, 0.2) is 0 Å². The van der Waals surface area contributed by atoms with Crippen LogP contribution >= 0.6 is 0 Å². The third-order valence-electron chi connectivity index (χ3n) is 2.82. The van der Waals surface area contributed by atoms with Crippen LogP contribution < -0.4 is 10.6 Å². The van der Waals surface area contributed by atoms with E-state index in [4.69, 9.17) is 0 Å². The maximum atomic E-state index is 12.7. The van der Waals surface area contributed by atoms with Gasteiger partial charge >= 0.3 is 0 Å². The summed E-state index contributed by atoms with van der Waals surface area (Å²) >= 11 is 0. The van der Waals surface area contributed by atoms with Gasteiger partial charge in [-0.1, -0.05) is 17.7 Å². The van der Waals surface area contributed by atoms with Crippen LogP contribution in [0.2, 0.25) is 0 Å². The average molecular weight is 286 g/mol. The van der Waals surface area contributed by atoms with Gasteiger partial charge < -0.3 is 10.6 Å². The highest BCUT2D eigenvalue weighted by Crippen LogP contribution is 2.08. The number of anilines is 1. The van der Waals surface area contributed by atoms with Crippen molar-refractivity contribution in [2.45, 2.75) is 6.92 Å². The van der Waals surface area contributed by atoms with Gasteiger partial charge in [-0.15, -0.1) is 0 Å². The molecule has 108 valence electrons. The fourth-order valence-corrected chi connectivity index (χ4v) is 1.79. The van der Waals surface area contributed by atoms with Crippen molar-refractivity contribution in [1.29, 1.82) is 0 Å². The minimum atomic E-state index is -0.374. The summed E-state index contributed by atoms with van der Waals surface area (Å²) in [6.07, 6.45) is 0. The Labute approximate surface area is 122 Å². The molecule has 0 aliphatic heterocycles. The summed E-state index contributed by atoms with van der Waals surface area (Å²) in [6.45, 7) is 1.74. The highest BCUT2D eigenvalue weighted by molar-refractivity contribution is 5.99. The number of aryl methyl sites for hydroxylation is 1. The topological polar surface area (TPSA) is 58.2 Å². The second-order valence-electron chi connectivity index (χ2n) is 4.61. The molecule has 2 rings (SSSR count). The van der Waals surface area contributed by atoms with Crippen molar-refractivity contribution in [2.75, 3.05) is 11.9 Å². The molecule has 0 aliphatic carbocycles. The molecule has 0 saturated heterocycles. The number of amides is 2. The molecule has 21 heavy (non-hydrogen) atoms. The van der Waals surface area contributed by atoms with E-state index < -0.39 is 0 Å². The fourth-order valence-electron chi connectivity index (χ4n) is 1.79. The SMILES string of the molecule is Cc1cccc(C(=O)NCC(=O)Nc2ccc(F)cc2)c1. The average Bonchev–Trinajstić information content (AvgIpc) is 2.47. The van der Waals surface area contributed by atoms with E-state index in [2.05, 4.69) is 10.6 Å². The number of carbonyl (C=O) groups is 2. The Morgan fingerprint density at radius 1 is 1.10 bits per heavy atom. The van der Waals surface area contributed by atoms with Crippen molar-refractivity contribution in [1.82, 2.24) is 5.32 Å². The molecule has 4 nitrogen and oxygen atoms in total. The van der Waals surface area contributed by atoms with Crippen LogP contribution in [-0.2, 0) is 4.79 Å². The zero-order chi connectivity index (χ0) is 15.2. The van der Waals surface area contributed by atoms with E-state index in [0.717, 1.165) is 5.56 Å². The Morgan fingerprint density at radius 3 is 2.48 bits per heavy atom. The number of hydrogen-bond donors (Lipinski definition) is 2. The lowest BCUT2D eigenvalue weighted by Crippen LogP contribution is -2.32. The van der Waals surface area contributed by atoms with Gasteiger partial charge in [-0.25, -0.2) is 4.39 Å². The smallest absolute Gasteiger partial charge is 0.251 e. The molecular weight excluding hydrogens is 271 g/mol. The zero-order valence-electron chi connectivity index (χ0n) is 11.5. The first-order valence-electron chi connectivity index (χ1n) is 6.45. The molecule has 0 aromatic heterocycles. The summed E-state index contributed by atoms with van der Waals surface area (Å²) in [5.74, 6) is -1.06. The lowest BCUT2D eigenvalue weighted by molar-refractivity contribution is -0.115. The lowest BCUT2D eigenvalue weighted by atomic mass is 10.1. The summed E-state index contributed by atoms with van der Waals surface area (Å²) in [7, 11) is 0. The molecule has 0 atom stereocenters. The second-order valence-corrected chi connectivity index (χ2v) is 4.61. The highest BCUT2D eigenvalue weighted by Gasteiger charge is 2.08. The zero-order valence-corrected chi connectivity index (χ0v) is 11.5. The van der Waals surface area contributed by atoms with Crippen molar-refractivity contribution in [3.05, 3.63) is 65.5 Å². The molecule has 0 spiro atoms. The van der Waals surface area contributed by atoms with Crippen molar-refractivity contribution in [3.8, 4) is 0 Å². The van der Waals surface area contributed by atoms with Crippen LogP contribution in [0.3, 0.4) is 0 Å². The maximum Gasteiger partial charge on any atom is 0.251 e. The second kappa shape index (κ2) is 6.65. The van der Waals surface area contributed by atoms with Gasteiger partial charge in [0, 0.05) is 11.3 Å². The van der Waals surface area contributed by atoms with Crippen molar-refractivity contribution >= 4 is 17.5 Å². The number of rotatable bonds is 4. The molecule has 0 fully saturated rings. The molecule has 0 bridgehead atoms. The lowest BCUT2D eigenvalue weighted by Gasteiger charge is -2.07. The molecule has 2 aromatic carbocycles. The first-order valence-corrected chi connectivity index (χ1v) is 6.45. The summed E-state index contributed by atoms with van der Waals surface area (Å²) in [6, 6.07) is 12.5. The van der Waals surface area contributed by atoms with Gasteiger partial charge in [-0.2, -0.15) is 0 Å². The van der Waals surface area contributed by atoms with E-state index in [1.54, 1.807) is 18.2 Å². The summed E-state index contributed by atoms with van der Waals surface area (Å²) in [4.78, 5) is 23.5. The Morgan fingerprint density at radius 2 is 1.81 bits per heavy atom. The van der Waals surface area contributed by atoms with Crippen LogP contribution in [0.5, 0.6) is 0 Å². The minimum Gasteiger partial charge on any atom is -0.343 e. The van der Waals surface area contributed by atoms with Crippen LogP contribution in [0.25, 0.3) is 0 Å². The van der Waals surface area contributed by atoms with Crippen LogP contribution in [0.15, 0.2) is 48.5 Å². The van der Waals surface area contributed by atoms with Gasteiger partial charge in [-0.3, -0.25) is 9.59 Å². The van der Waals surface area contributed by atoms with Gasteiger partial charge in [0.2, 0.25) is 5.91 Å². The molecule has 0 heterocycles. The number of nitrogens with one attached hydrogen (secondary N) is 2. The number of hydrogen-bond acceptors (Lipinski definition) is 2. The van der Waals surface area contributed by atoms with Crippen LogP contribution in [-0.4, -0.2) is 18.4 Å². The molecular formula is C16H15FN2O2. The predicted octanol–water partition coefficient (Wildman–Crippen LogP) is 2.50. The molecule has 0 aliphatic rings. The van der Waals surface area contributed by atoms with Crippen molar-refractivity contribution in [3.63, 3.8) is 0 Å². The van der Waals surface area contributed by atoms with E-state index in [-0.39, 0.29) is 24.2 Å². The van der Waals surface area contributed by atoms with Crippen LogP contribution in [0.4, 0.5) is 10.1 Å². The number of benzene rings is 2. The largest absolute Gasteiger partial charge is 0.343 e. The maximum absolute atomic E-state index is 12.7. The van der Waals surface area contributed by atoms with E-state index in [1.165, 1.54) is 24.3 Å². The fraction of sp³-hybridized carbons (Fsp3) is 0.125. The monoisotopic (exact) mass is 286 g/mol. The first-order chi connectivity index (χ1) is 10.0. The van der Waals surface area contributed by atoms with Crippen LogP contribution in [0, 0.1) is 12.7 Å².